The summed E-state index contributed by atoms with van der Waals surface area (Å²) < 4.78 is 5.09. The molecule has 1 saturated heterocycles. The van der Waals surface area contributed by atoms with Gasteiger partial charge < -0.3 is 15.4 Å². The standard InChI is InChI=1S/C16H25N3O2/c1-16(2,13-5-4-7-17-11-13)15(20)19-10-12-6-8-18-14(9-12)21-3/h6,8-9,13,17H,4-5,7,10-11H2,1-3H3,(H,19,20). The van der Waals surface area contributed by atoms with Gasteiger partial charge in [0.05, 0.1) is 7.11 Å². The summed E-state index contributed by atoms with van der Waals surface area (Å²) in [5.74, 6) is 1.06. The predicted octanol–water partition coefficient (Wildman–Crippen LogP) is 1.73. The van der Waals surface area contributed by atoms with Gasteiger partial charge in [0.25, 0.3) is 0 Å². The van der Waals surface area contributed by atoms with Crippen LogP contribution in [0.3, 0.4) is 0 Å². The summed E-state index contributed by atoms with van der Waals surface area (Å²) in [5, 5.41) is 6.42. The fourth-order valence-electron chi connectivity index (χ4n) is 2.74. The van der Waals surface area contributed by atoms with Crippen molar-refractivity contribution in [2.75, 3.05) is 20.2 Å². The van der Waals surface area contributed by atoms with Gasteiger partial charge in [-0.15, -0.1) is 0 Å². The van der Waals surface area contributed by atoms with Crippen LogP contribution in [0.1, 0.15) is 32.3 Å². The highest BCUT2D eigenvalue weighted by Crippen LogP contribution is 2.32. The van der Waals surface area contributed by atoms with E-state index in [0.29, 0.717) is 18.3 Å². The number of ether oxygens (including phenoxy) is 1. The normalized spacial score (nSPS) is 19.1. The summed E-state index contributed by atoms with van der Waals surface area (Å²) in [6, 6.07) is 3.73. The molecule has 0 aromatic carbocycles. The maximum atomic E-state index is 12.5. The zero-order valence-corrected chi connectivity index (χ0v) is 13.1. The summed E-state index contributed by atoms with van der Waals surface area (Å²) in [5.41, 5.74) is 0.637. The van der Waals surface area contributed by atoms with Gasteiger partial charge in [-0.05, 0) is 43.5 Å². The first-order valence-electron chi connectivity index (χ1n) is 7.52. The summed E-state index contributed by atoms with van der Waals surface area (Å²) in [4.78, 5) is 16.6. The molecule has 5 heteroatoms. The molecule has 1 fully saturated rings. The van der Waals surface area contributed by atoms with E-state index >= 15 is 0 Å². The fraction of sp³-hybridized carbons (Fsp3) is 0.625. The number of amides is 1. The second kappa shape index (κ2) is 6.89. The molecule has 1 aromatic rings. The number of nitrogens with one attached hydrogen (secondary N) is 2. The van der Waals surface area contributed by atoms with Crippen molar-refractivity contribution in [1.29, 1.82) is 0 Å². The van der Waals surface area contributed by atoms with Crippen molar-refractivity contribution in [1.82, 2.24) is 15.6 Å². The molecule has 1 unspecified atom stereocenters. The molecule has 0 radical (unpaired) electrons. The Morgan fingerprint density at radius 1 is 1.57 bits per heavy atom. The average molecular weight is 291 g/mol. The van der Waals surface area contributed by atoms with Crippen LogP contribution in [0.5, 0.6) is 5.88 Å². The van der Waals surface area contributed by atoms with E-state index in [-0.39, 0.29) is 11.3 Å². The molecule has 0 bridgehead atoms. The van der Waals surface area contributed by atoms with Crippen molar-refractivity contribution in [3.8, 4) is 5.88 Å². The molecule has 1 aliphatic rings. The van der Waals surface area contributed by atoms with E-state index < -0.39 is 0 Å². The van der Waals surface area contributed by atoms with Crippen LogP contribution in [0, 0.1) is 11.3 Å². The lowest BCUT2D eigenvalue weighted by Crippen LogP contribution is -2.47. The second-order valence-corrected chi connectivity index (χ2v) is 6.15. The van der Waals surface area contributed by atoms with Crippen LogP contribution in [-0.4, -0.2) is 31.1 Å². The first-order chi connectivity index (χ1) is 10.0. The SMILES string of the molecule is COc1cc(CNC(=O)C(C)(C)C2CCCNC2)ccn1. The third-order valence-corrected chi connectivity index (χ3v) is 4.36. The molecule has 0 spiro atoms. The van der Waals surface area contributed by atoms with E-state index in [0.717, 1.165) is 31.5 Å². The van der Waals surface area contributed by atoms with Crippen molar-refractivity contribution in [3.63, 3.8) is 0 Å². The third kappa shape index (κ3) is 3.94. The number of carbonyl (C=O) groups is 1. The lowest BCUT2D eigenvalue weighted by atomic mass is 9.74. The minimum absolute atomic E-state index is 0.104. The number of aromatic nitrogens is 1. The van der Waals surface area contributed by atoms with Crippen LogP contribution in [-0.2, 0) is 11.3 Å². The van der Waals surface area contributed by atoms with E-state index in [1.807, 2.05) is 26.0 Å². The predicted molar refractivity (Wildman–Crippen MR) is 82.0 cm³/mol. The van der Waals surface area contributed by atoms with Gasteiger partial charge in [0.2, 0.25) is 11.8 Å². The maximum Gasteiger partial charge on any atom is 0.226 e. The minimum Gasteiger partial charge on any atom is -0.481 e. The van der Waals surface area contributed by atoms with Crippen LogP contribution in [0.4, 0.5) is 0 Å². The van der Waals surface area contributed by atoms with Gasteiger partial charge in [-0.2, -0.15) is 0 Å². The molecule has 1 aliphatic heterocycles. The largest absolute Gasteiger partial charge is 0.481 e. The van der Waals surface area contributed by atoms with E-state index in [2.05, 4.69) is 15.6 Å². The lowest BCUT2D eigenvalue weighted by molar-refractivity contribution is -0.132. The maximum absolute atomic E-state index is 12.5. The number of rotatable bonds is 5. The highest BCUT2D eigenvalue weighted by Gasteiger charge is 2.36. The Morgan fingerprint density at radius 3 is 3.05 bits per heavy atom. The zero-order chi connectivity index (χ0) is 15.3. The van der Waals surface area contributed by atoms with E-state index in [1.54, 1.807) is 13.3 Å². The quantitative estimate of drug-likeness (QED) is 0.867. The monoisotopic (exact) mass is 291 g/mol. The summed E-state index contributed by atoms with van der Waals surface area (Å²) in [6.07, 6.45) is 3.94. The Kier molecular flexibility index (Phi) is 5.17. The van der Waals surface area contributed by atoms with Gasteiger partial charge in [0.1, 0.15) is 0 Å². The summed E-state index contributed by atoms with van der Waals surface area (Å²) >= 11 is 0. The molecule has 1 atom stereocenters. The lowest BCUT2D eigenvalue weighted by Gasteiger charge is -2.36. The molecule has 21 heavy (non-hydrogen) atoms. The molecule has 2 rings (SSSR count). The second-order valence-electron chi connectivity index (χ2n) is 6.15. The molecule has 116 valence electrons. The Balaban J connectivity index is 1.93. The van der Waals surface area contributed by atoms with Crippen molar-refractivity contribution in [2.24, 2.45) is 11.3 Å². The van der Waals surface area contributed by atoms with Gasteiger partial charge in [-0.3, -0.25) is 4.79 Å². The highest BCUT2D eigenvalue weighted by atomic mass is 16.5. The first-order valence-corrected chi connectivity index (χ1v) is 7.52. The summed E-state index contributed by atoms with van der Waals surface area (Å²) in [6.45, 7) is 6.55. The van der Waals surface area contributed by atoms with E-state index in [4.69, 9.17) is 4.74 Å². The first kappa shape index (κ1) is 15.8. The third-order valence-electron chi connectivity index (χ3n) is 4.36. The molecule has 1 aromatic heterocycles. The minimum atomic E-state index is -0.357. The van der Waals surface area contributed by atoms with Crippen LogP contribution >= 0.6 is 0 Å². The average Bonchev–Trinajstić information content (AvgIpc) is 2.53. The number of piperidine rings is 1. The van der Waals surface area contributed by atoms with Crippen molar-refractivity contribution in [2.45, 2.75) is 33.2 Å². The highest BCUT2D eigenvalue weighted by molar-refractivity contribution is 5.82. The van der Waals surface area contributed by atoms with Crippen LogP contribution in [0.2, 0.25) is 0 Å². The molecule has 2 heterocycles. The molecule has 5 nitrogen and oxygen atoms in total. The van der Waals surface area contributed by atoms with Gasteiger partial charge >= 0.3 is 0 Å². The molecular weight excluding hydrogens is 266 g/mol. The van der Waals surface area contributed by atoms with Crippen LogP contribution in [0.25, 0.3) is 0 Å². The molecular formula is C16H25N3O2. The topological polar surface area (TPSA) is 63.2 Å². The van der Waals surface area contributed by atoms with Crippen LogP contribution in [0.15, 0.2) is 18.3 Å². The smallest absolute Gasteiger partial charge is 0.226 e. The Labute approximate surface area is 126 Å². The molecule has 1 amide bonds. The number of hydrogen-bond donors (Lipinski definition) is 2. The number of methoxy groups -OCH3 is 1. The number of pyridine rings is 1. The Morgan fingerprint density at radius 2 is 2.38 bits per heavy atom. The van der Waals surface area contributed by atoms with E-state index in [1.165, 1.54) is 0 Å². The van der Waals surface area contributed by atoms with Crippen molar-refractivity contribution < 1.29 is 9.53 Å². The fourth-order valence-corrected chi connectivity index (χ4v) is 2.74. The summed E-state index contributed by atoms with van der Waals surface area (Å²) in [7, 11) is 1.59. The zero-order valence-electron chi connectivity index (χ0n) is 13.1. The van der Waals surface area contributed by atoms with Gasteiger partial charge in [-0.1, -0.05) is 13.8 Å². The van der Waals surface area contributed by atoms with Gasteiger partial charge in [0.15, 0.2) is 0 Å². The Bertz CT molecular complexity index is 482. The molecule has 0 aliphatic carbocycles. The van der Waals surface area contributed by atoms with Crippen molar-refractivity contribution in [3.05, 3.63) is 23.9 Å². The molecule has 0 saturated carbocycles. The van der Waals surface area contributed by atoms with Crippen LogP contribution < -0.4 is 15.4 Å². The van der Waals surface area contributed by atoms with Gasteiger partial charge in [-0.25, -0.2) is 4.98 Å². The molecule has 2 N–H and O–H groups in total. The number of hydrogen-bond acceptors (Lipinski definition) is 4. The van der Waals surface area contributed by atoms with Crippen molar-refractivity contribution >= 4 is 5.91 Å². The Hall–Kier alpha value is -1.62. The number of carbonyl (C=O) groups excluding carboxylic acids is 1. The van der Waals surface area contributed by atoms with E-state index in [9.17, 15) is 4.79 Å². The van der Waals surface area contributed by atoms with Gasteiger partial charge in [0, 0.05) is 24.2 Å². The number of nitrogens with zero attached hydrogens (tertiary/aromatic N) is 1.